The van der Waals surface area contributed by atoms with Crippen molar-refractivity contribution < 1.29 is 9.18 Å². The molecule has 0 bridgehead atoms. The number of carbonyl (C=O) groups is 1. The van der Waals surface area contributed by atoms with Crippen LogP contribution in [0.4, 0.5) is 10.1 Å². The number of hydrogen-bond donors (Lipinski definition) is 2. The second-order valence-corrected chi connectivity index (χ2v) is 6.69. The third-order valence-electron chi connectivity index (χ3n) is 3.67. The SMILES string of the molecule is Cc1ccc(NCC(=O)N/N=C2/CCSc3ccc(F)cc32)cc1. The number of amides is 1. The lowest BCUT2D eigenvalue weighted by Gasteiger charge is -2.17. The van der Waals surface area contributed by atoms with Crippen LogP contribution in [0.5, 0.6) is 0 Å². The lowest BCUT2D eigenvalue weighted by molar-refractivity contribution is -0.119. The van der Waals surface area contributed by atoms with E-state index >= 15 is 0 Å². The standard InChI is InChI=1S/C18H18FN3OS/c1-12-2-5-14(6-3-12)20-11-18(23)22-21-16-8-9-24-17-7-4-13(19)10-15(16)17/h2-7,10,20H,8-9,11H2,1H3,(H,22,23)/b21-16-. The Hall–Kier alpha value is -2.34. The van der Waals surface area contributed by atoms with Crippen LogP contribution in [0.25, 0.3) is 0 Å². The van der Waals surface area contributed by atoms with Crippen LogP contribution in [0.15, 0.2) is 52.5 Å². The van der Waals surface area contributed by atoms with Gasteiger partial charge in [0.15, 0.2) is 0 Å². The first-order valence-electron chi connectivity index (χ1n) is 7.70. The maximum absolute atomic E-state index is 13.4. The van der Waals surface area contributed by atoms with E-state index in [-0.39, 0.29) is 18.3 Å². The summed E-state index contributed by atoms with van der Waals surface area (Å²) in [4.78, 5) is 12.9. The molecule has 0 atom stereocenters. The smallest absolute Gasteiger partial charge is 0.259 e. The maximum Gasteiger partial charge on any atom is 0.259 e. The lowest BCUT2D eigenvalue weighted by atomic mass is 10.1. The maximum atomic E-state index is 13.4. The van der Waals surface area contributed by atoms with E-state index in [0.29, 0.717) is 12.1 Å². The minimum absolute atomic E-state index is 0.130. The average Bonchev–Trinajstić information content (AvgIpc) is 2.59. The highest BCUT2D eigenvalue weighted by Gasteiger charge is 2.17. The van der Waals surface area contributed by atoms with Crippen molar-refractivity contribution in [3.8, 4) is 0 Å². The fourth-order valence-electron chi connectivity index (χ4n) is 2.39. The van der Waals surface area contributed by atoms with Gasteiger partial charge < -0.3 is 5.32 Å². The molecule has 6 heteroatoms. The highest BCUT2D eigenvalue weighted by Crippen LogP contribution is 2.30. The van der Waals surface area contributed by atoms with Gasteiger partial charge in [-0.1, -0.05) is 17.7 Å². The number of rotatable bonds is 4. The highest BCUT2D eigenvalue weighted by molar-refractivity contribution is 7.99. The molecule has 1 amide bonds. The van der Waals surface area contributed by atoms with Gasteiger partial charge in [-0.15, -0.1) is 11.8 Å². The Kier molecular flexibility index (Phi) is 5.15. The van der Waals surface area contributed by atoms with Gasteiger partial charge >= 0.3 is 0 Å². The van der Waals surface area contributed by atoms with Crippen LogP contribution in [-0.4, -0.2) is 23.9 Å². The number of fused-ring (bicyclic) bond motifs is 1. The third kappa shape index (κ3) is 4.14. The minimum Gasteiger partial charge on any atom is -0.376 e. The fraction of sp³-hybridized carbons (Fsp3) is 0.222. The van der Waals surface area contributed by atoms with Crippen LogP contribution in [0.1, 0.15) is 17.5 Å². The molecule has 24 heavy (non-hydrogen) atoms. The van der Waals surface area contributed by atoms with Gasteiger partial charge in [-0.05, 0) is 37.3 Å². The molecule has 3 rings (SSSR count). The highest BCUT2D eigenvalue weighted by atomic mass is 32.2. The first kappa shape index (κ1) is 16.5. The van der Waals surface area contributed by atoms with Crippen molar-refractivity contribution >= 4 is 29.1 Å². The van der Waals surface area contributed by atoms with E-state index in [1.165, 1.54) is 12.1 Å². The largest absolute Gasteiger partial charge is 0.376 e. The topological polar surface area (TPSA) is 53.5 Å². The van der Waals surface area contributed by atoms with E-state index in [1.807, 2.05) is 31.2 Å². The van der Waals surface area contributed by atoms with E-state index in [2.05, 4.69) is 15.8 Å². The quantitative estimate of drug-likeness (QED) is 0.835. The van der Waals surface area contributed by atoms with E-state index < -0.39 is 0 Å². The summed E-state index contributed by atoms with van der Waals surface area (Å²) in [7, 11) is 0. The third-order valence-corrected chi connectivity index (χ3v) is 4.74. The number of carbonyl (C=O) groups excluding carboxylic acids is 1. The Labute approximate surface area is 144 Å². The van der Waals surface area contributed by atoms with Crippen molar-refractivity contribution in [2.24, 2.45) is 5.10 Å². The summed E-state index contributed by atoms with van der Waals surface area (Å²) in [5, 5.41) is 7.23. The summed E-state index contributed by atoms with van der Waals surface area (Å²) in [6, 6.07) is 12.5. The number of hydrogen-bond acceptors (Lipinski definition) is 4. The molecule has 4 nitrogen and oxygen atoms in total. The van der Waals surface area contributed by atoms with Crippen LogP contribution in [0.3, 0.4) is 0 Å². The number of halogens is 1. The predicted molar refractivity (Wildman–Crippen MR) is 96.1 cm³/mol. The molecular formula is C18H18FN3OS. The summed E-state index contributed by atoms with van der Waals surface area (Å²) in [6.07, 6.45) is 0.701. The van der Waals surface area contributed by atoms with Crippen molar-refractivity contribution in [3.63, 3.8) is 0 Å². The molecule has 1 aliphatic heterocycles. The van der Waals surface area contributed by atoms with Gasteiger partial charge in [0.2, 0.25) is 0 Å². The first-order chi connectivity index (χ1) is 11.6. The van der Waals surface area contributed by atoms with E-state index in [9.17, 15) is 9.18 Å². The predicted octanol–water partition coefficient (Wildman–Crippen LogP) is 3.56. The number of anilines is 1. The van der Waals surface area contributed by atoms with Crippen LogP contribution in [0.2, 0.25) is 0 Å². The molecule has 2 aromatic rings. The van der Waals surface area contributed by atoms with Gasteiger partial charge in [0.1, 0.15) is 5.82 Å². The monoisotopic (exact) mass is 343 g/mol. The Balaban J connectivity index is 1.61. The van der Waals surface area contributed by atoms with Crippen molar-refractivity contribution in [2.45, 2.75) is 18.2 Å². The van der Waals surface area contributed by atoms with Crippen molar-refractivity contribution in [1.29, 1.82) is 0 Å². The zero-order valence-electron chi connectivity index (χ0n) is 13.3. The minimum atomic E-state index is -0.295. The molecule has 2 N–H and O–H groups in total. The molecule has 0 saturated heterocycles. The molecule has 0 fully saturated rings. The van der Waals surface area contributed by atoms with Crippen LogP contribution in [-0.2, 0) is 4.79 Å². The Morgan fingerprint density at radius 3 is 2.83 bits per heavy atom. The molecular weight excluding hydrogens is 325 g/mol. The van der Waals surface area contributed by atoms with E-state index in [0.717, 1.165) is 27.5 Å². The molecule has 0 aliphatic carbocycles. The number of hydrazone groups is 1. The van der Waals surface area contributed by atoms with Crippen molar-refractivity contribution in [1.82, 2.24) is 5.43 Å². The van der Waals surface area contributed by atoms with Gasteiger partial charge in [0.05, 0.1) is 12.3 Å². The van der Waals surface area contributed by atoms with Gasteiger partial charge in [0.25, 0.3) is 5.91 Å². The number of nitrogens with zero attached hydrogens (tertiary/aromatic N) is 1. The van der Waals surface area contributed by atoms with Crippen LogP contribution in [0, 0.1) is 12.7 Å². The van der Waals surface area contributed by atoms with Gasteiger partial charge in [-0.25, -0.2) is 9.82 Å². The van der Waals surface area contributed by atoms with E-state index in [4.69, 9.17) is 0 Å². The Morgan fingerprint density at radius 2 is 2.04 bits per heavy atom. The fourth-order valence-corrected chi connectivity index (χ4v) is 3.40. The Morgan fingerprint density at radius 1 is 1.25 bits per heavy atom. The number of thioether (sulfide) groups is 1. The van der Waals surface area contributed by atoms with E-state index in [1.54, 1.807) is 17.8 Å². The van der Waals surface area contributed by atoms with Crippen molar-refractivity contribution in [2.75, 3.05) is 17.6 Å². The summed E-state index contributed by atoms with van der Waals surface area (Å²) in [5.74, 6) is 0.338. The second kappa shape index (κ2) is 7.49. The summed E-state index contributed by atoms with van der Waals surface area (Å²) < 4.78 is 13.4. The second-order valence-electron chi connectivity index (χ2n) is 5.55. The molecule has 0 radical (unpaired) electrons. The Bertz CT molecular complexity index is 774. The summed E-state index contributed by atoms with van der Waals surface area (Å²) >= 11 is 1.67. The average molecular weight is 343 g/mol. The zero-order chi connectivity index (χ0) is 16.9. The lowest BCUT2D eigenvalue weighted by Crippen LogP contribution is -2.27. The molecule has 2 aromatic carbocycles. The van der Waals surface area contributed by atoms with Gasteiger partial charge in [0, 0.05) is 28.3 Å². The number of benzene rings is 2. The van der Waals surface area contributed by atoms with Gasteiger partial charge in [-0.2, -0.15) is 5.10 Å². The molecule has 1 heterocycles. The molecule has 0 unspecified atom stereocenters. The van der Waals surface area contributed by atoms with Crippen molar-refractivity contribution in [3.05, 3.63) is 59.4 Å². The number of nitrogens with one attached hydrogen (secondary N) is 2. The number of aryl methyl sites for hydroxylation is 1. The molecule has 0 spiro atoms. The molecule has 1 aliphatic rings. The molecule has 0 saturated carbocycles. The van der Waals surface area contributed by atoms with Crippen LogP contribution < -0.4 is 10.7 Å². The van der Waals surface area contributed by atoms with Crippen LogP contribution >= 0.6 is 11.8 Å². The zero-order valence-corrected chi connectivity index (χ0v) is 14.1. The normalized spacial score (nSPS) is 15.0. The molecule has 0 aromatic heterocycles. The molecule has 124 valence electrons. The summed E-state index contributed by atoms with van der Waals surface area (Å²) in [5.41, 5.74) is 6.07. The van der Waals surface area contributed by atoms with Gasteiger partial charge in [-0.3, -0.25) is 4.79 Å². The summed E-state index contributed by atoms with van der Waals surface area (Å²) in [6.45, 7) is 2.14. The first-order valence-corrected chi connectivity index (χ1v) is 8.69.